The van der Waals surface area contributed by atoms with Gasteiger partial charge in [0.15, 0.2) is 17.2 Å². The lowest BCUT2D eigenvalue weighted by Crippen LogP contribution is -2.17. The molecular weight excluding hydrogens is 284 g/mol. The first-order valence-corrected chi connectivity index (χ1v) is 6.64. The Kier molecular flexibility index (Phi) is 3.86. The van der Waals surface area contributed by atoms with Gasteiger partial charge in [0, 0.05) is 11.9 Å². The number of allylic oxidation sites excluding steroid dienone is 1. The molecule has 1 amide bonds. The maximum Gasteiger partial charge on any atom is 0.291 e. The molecule has 2 N–H and O–H groups in total. The molecule has 0 aliphatic carbocycles. The number of carbonyl (C=O) groups excluding carboxylic acids is 1. The molecule has 0 radical (unpaired) electrons. The molecule has 0 fully saturated rings. The van der Waals surface area contributed by atoms with Crippen LogP contribution < -0.4 is 14.9 Å². The van der Waals surface area contributed by atoms with Crippen molar-refractivity contribution in [2.45, 2.75) is 6.92 Å². The van der Waals surface area contributed by atoms with Gasteiger partial charge < -0.3 is 9.47 Å². The minimum atomic E-state index is -0.364. The monoisotopic (exact) mass is 298 g/mol. The van der Waals surface area contributed by atoms with E-state index in [1.165, 1.54) is 6.21 Å². The summed E-state index contributed by atoms with van der Waals surface area (Å²) < 4.78 is 10.5. The number of aromatic nitrogens is 2. The second kappa shape index (κ2) is 6.13. The summed E-state index contributed by atoms with van der Waals surface area (Å²) in [6.45, 7) is 2.07. The van der Waals surface area contributed by atoms with Crippen LogP contribution in [-0.2, 0) is 0 Å². The van der Waals surface area contributed by atoms with Crippen LogP contribution in [0.3, 0.4) is 0 Å². The maximum absolute atomic E-state index is 11.7. The number of hydrogen-bond donors (Lipinski definition) is 2. The fourth-order valence-corrected chi connectivity index (χ4v) is 1.90. The van der Waals surface area contributed by atoms with Gasteiger partial charge in [-0.05, 0) is 36.8 Å². The van der Waals surface area contributed by atoms with E-state index in [9.17, 15) is 4.79 Å². The zero-order valence-electron chi connectivity index (χ0n) is 11.9. The van der Waals surface area contributed by atoms with E-state index in [1.54, 1.807) is 12.1 Å². The molecule has 0 saturated carbocycles. The number of nitrogens with one attached hydrogen (secondary N) is 2. The number of aryl methyl sites for hydroxylation is 1. The number of carbonyl (C=O) groups is 1. The Morgan fingerprint density at radius 2 is 2.23 bits per heavy atom. The average molecular weight is 298 g/mol. The summed E-state index contributed by atoms with van der Waals surface area (Å²) in [5.74, 6) is 1.10. The molecule has 0 spiro atoms. The highest BCUT2D eigenvalue weighted by Gasteiger charge is 2.12. The zero-order chi connectivity index (χ0) is 15.4. The molecule has 0 atom stereocenters. The molecule has 0 saturated heterocycles. The molecule has 112 valence electrons. The molecule has 7 heteroatoms. The predicted octanol–water partition coefficient (Wildman–Crippen LogP) is 1.88. The Hall–Kier alpha value is -3.09. The number of hydrogen-bond acceptors (Lipinski definition) is 5. The summed E-state index contributed by atoms with van der Waals surface area (Å²) in [6.07, 6.45) is 5.05. The second-order valence-electron chi connectivity index (χ2n) is 4.63. The van der Waals surface area contributed by atoms with Crippen LogP contribution in [0.4, 0.5) is 0 Å². The van der Waals surface area contributed by atoms with Crippen LogP contribution in [-0.4, -0.2) is 29.1 Å². The standard InChI is InChI=1S/C15H14N4O3/c1-10-7-12(18-17-10)15(20)19-16-6-2-3-11-4-5-13-14(8-11)22-9-21-13/h2-8H,9H2,1H3,(H,17,18)(H,19,20)/b3-2+,16-6-. The van der Waals surface area contributed by atoms with Crippen molar-refractivity contribution in [3.05, 3.63) is 47.3 Å². The SMILES string of the molecule is Cc1cc(C(=O)N/N=C\C=C\c2ccc3c(c2)OCO3)n[nH]1. The summed E-state index contributed by atoms with van der Waals surface area (Å²) in [5.41, 5.74) is 4.46. The van der Waals surface area contributed by atoms with E-state index in [2.05, 4.69) is 20.7 Å². The number of hydrazone groups is 1. The quantitative estimate of drug-likeness (QED) is 0.666. The number of benzene rings is 1. The van der Waals surface area contributed by atoms with Crippen LogP contribution in [0.25, 0.3) is 6.08 Å². The summed E-state index contributed by atoms with van der Waals surface area (Å²) in [7, 11) is 0. The molecule has 22 heavy (non-hydrogen) atoms. The molecule has 1 aliphatic heterocycles. The molecule has 1 aromatic carbocycles. The smallest absolute Gasteiger partial charge is 0.291 e. The lowest BCUT2D eigenvalue weighted by atomic mass is 10.2. The van der Waals surface area contributed by atoms with E-state index in [0.717, 1.165) is 22.8 Å². The number of ether oxygens (including phenoxy) is 2. The summed E-state index contributed by atoms with van der Waals surface area (Å²) in [6, 6.07) is 7.27. The van der Waals surface area contributed by atoms with Crippen LogP contribution in [0, 0.1) is 6.92 Å². The second-order valence-corrected chi connectivity index (χ2v) is 4.63. The van der Waals surface area contributed by atoms with Crippen molar-refractivity contribution < 1.29 is 14.3 Å². The van der Waals surface area contributed by atoms with E-state index in [1.807, 2.05) is 31.2 Å². The van der Waals surface area contributed by atoms with Crippen molar-refractivity contribution in [3.8, 4) is 11.5 Å². The lowest BCUT2D eigenvalue weighted by Gasteiger charge is -1.96. The van der Waals surface area contributed by atoms with Crippen LogP contribution in [0.1, 0.15) is 21.7 Å². The normalized spacial score (nSPS) is 13.1. The predicted molar refractivity (Wildman–Crippen MR) is 80.9 cm³/mol. The van der Waals surface area contributed by atoms with Gasteiger partial charge in [-0.25, -0.2) is 5.43 Å². The number of H-pyrrole nitrogens is 1. The Bertz CT molecular complexity index is 749. The average Bonchev–Trinajstić information content (AvgIpc) is 3.14. The van der Waals surface area contributed by atoms with Crippen LogP contribution in [0.5, 0.6) is 11.5 Å². The first kappa shape index (κ1) is 13.9. The van der Waals surface area contributed by atoms with E-state index in [-0.39, 0.29) is 12.7 Å². The van der Waals surface area contributed by atoms with Crippen LogP contribution in [0.2, 0.25) is 0 Å². The molecule has 2 aromatic rings. The lowest BCUT2D eigenvalue weighted by molar-refractivity contribution is 0.0950. The van der Waals surface area contributed by atoms with Crippen molar-refractivity contribution >= 4 is 18.2 Å². The van der Waals surface area contributed by atoms with Gasteiger partial charge in [0.05, 0.1) is 0 Å². The minimum Gasteiger partial charge on any atom is -0.454 e. The van der Waals surface area contributed by atoms with Crippen molar-refractivity contribution in [3.63, 3.8) is 0 Å². The first-order valence-electron chi connectivity index (χ1n) is 6.64. The van der Waals surface area contributed by atoms with Gasteiger partial charge in [-0.2, -0.15) is 10.2 Å². The number of aromatic amines is 1. The molecule has 7 nitrogen and oxygen atoms in total. The van der Waals surface area contributed by atoms with Crippen molar-refractivity contribution in [2.24, 2.45) is 5.10 Å². The van der Waals surface area contributed by atoms with E-state index in [0.29, 0.717) is 5.69 Å². The fourth-order valence-electron chi connectivity index (χ4n) is 1.90. The highest BCUT2D eigenvalue weighted by Crippen LogP contribution is 2.32. The number of fused-ring (bicyclic) bond motifs is 1. The van der Waals surface area contributed by atoms with Gasteiger partial charge in [0.2, 0.25) is 6.79 Å². The number of amides is 1. The molecular formula is C15H14N4O3. The maximum atomic E-state index is 11.7. The van der Waals surface area contributed by atoms with Gasteiger partial charge in [-0.1, -0.05) is 12.1 Å². The number of rotatable bonds is 4. The van der Waals surface area contributed by atoms with Gasteiger partial charge in [0.25, 0.3) is 5.91 Å². The number of nitrogens with zero attached hydrogens (tertiary/aromatic N) is 2. The first-order chi connectivity index (χ1) is 10.7. The van der Waals surface area contributed by atoms with Crippen LogP contribution in [0.15, 0.2) is 35.4 Å². The Morgan fingerprint density at radius 1 is 1.36 bits per heavy atom. The largest absolute Gasteiger partial charge is 0.454 e. The van der Waals surface area contributed by atoms with E-state index >= 15 is 0 Å². The van der Waals surface area contributed by atoms with Gasteiger partial charge in [-0.3, -0.25) is 9.89 Å². The van der Waals surface area contributed by atoms with Crippen molar-refractivity contribution in [2.75, 3.05) is 6.79 Å². The molecule has 1 aliphatic rings. The zero-order valence-corrected chi connectivity index (χ0v) is 11.9. The van der Waals surface area contributed by atoms with Crippen LogP contribution >= 0.6 is 0 Å². The van der Waals surface area contributed by atoms with Gasteiger partial charge in [0.1, 0.15) is 0 Å². The summed E-state index contributed by atoms with van der Waals surface area (Å²) >= 11 is 0. The van der Waals surface area contributed by atoms with Gasteiger partial charge >= 0.3 is 0 Å². The fraction of sp³-hybridized carbons (Fsp3) is 0.133. The Labute approximate surface area is 126 Å². The molecule has 0 unspecified atom stereocenters. The highest BCUT2D eigenvalue weighted by atomic mass is 16.7. The van der Waals surface area contributed by atoms with Crippen molar-refractivity contribution in [1.29, 1.82) is 0 Å². The molecule has 0 bridgehead atoms. The molecule has 1 aromatic heterocycles. The molecule has 2 heterocycles. The highest BCUT2D eigenvalue weighted by molar-refractivity contribution is 5.93. The third-order valence-electron chi connectivity index (χ3n) is 2.95. The summed E-state index contributed by atoms with van der Waals surface area (Å²) in [4.78, 5) is 11.7. The topological polar surface area (TPSA) is 88.6 Å². The van der Waals surface area contributed by atoms with Gasteiger partial charge in [-0.15, -0.1) is 0 Å². The minimum absolute atomic E-state index is 0.253. The van der Waals surface area contributed by atoms with Crippen molar-refractivity contribution in [1.82, 2.24) is 15.6 Å². The molecule has 3 rings (SSSR count). The van der Waals surface area contributed by atoms with E-state index < -0.39 is 0 Å². The third kappa shape index (κ3) is 3.14. The van der Waals surface area contributed by atoms with E-state index in [4.69, 9.17) is 9.47 Å². The Morgan fingerprint density at radius 3 is 3.05 bits per heavy atom. The summed E-state index contributed by atoms with van der Waals surface area (Å²) in [5, 5.41) is 10.4. The Balaban J connectivity index is 1.54. The third-order valence-corrected chi connectivity index (χ3v) is 2.95.